The topological polar surface area (TPSA) is 80.4 Å². The highest BCUT2D eigenvalue weighted by molar-refractivity contribution is 5.97. The summed E-state index contributed by atoms with van der Waals surface area (Å²) in [4.78, 5) is 31.8. The van der Waals surface area contributed by atoms with E-state index in [2.05, 4.69) is 23.8 Å². The molecule has 0 aliphatic rings. The van der Waals surface area contributed by atoms with E-state index >= 15 is 0 Å². The Balaban J connectivity index is 1.63. The van der Waals surface area contributed by atoms with Crippen LogP contribution in [-0.2, 0) is 4.79 Å². The van der Waals surface area contributed by atoms with Crippen LogP contribution in [0.15, 0.2) is 90.2 Å². The molecule has 2 aromatic heterocycles. The third kappa shape index (κ3) is 4.99. The molecule has 0 saturated heterocycles. The molecule has 0 atom stereocenters. The maximum Gasteiger partial charge on any atom is 0.290 e. The molecule has 0 radical (unpaired) electrons. The van der Waals surface area contributed by atoms with Crippen molar-refractivity contribution in [3.63, 3.8) is 0 Å². The lowest BCUT2D eigenvalue weighted by molar-refractivity contribution is -0.116. The van der Waals surface area contributed by atoms with Gasteiger partial charge in [-0.1, -0.05) is 42.5 Å². The number of aryl methyl sites for hydroxylation is 2. The molecule has 7 nitrogen and oxygen atoms in total. The van der Waals surface area contributed by atoms with Crippen LogP contribution in [0.5, 0.6) is 0 Å². The lowest BCUT2D eigenvalue weighted by Crippen LogP contribution is -2.38. The van der Waals surface area contributed by atoms with Crippen molar-refractivity contribution in [2.75, 3.05) is 18.4 Å². The SMILES string of the molecule is C=CCN(CC(=O)Nc1nc(-c2ccccc2)cn1-c1ccc(C)c(C)c1)C(=O)c1ccco1. The molecule has 0 fully saturated rings. The third-order valence-electron chi connectivity index (χ3n) is 5.50. The summed E-state index contributed by atoms with van der Waals surface area (Å²) in [5.74, 6) is -0.228. The van der Waals surface area contributed by atoms with Gasteiger partial charge >= 0.3 is 0 Å². The molecule has 0 aliphatic heterocycles. The van der Waals surface area contributed by atoms with Crippen LogP contribution in [0.3, 0.4) is 0 Å². The summed E-state index contributed by atoms with van der Waals surface area (Å²) >= 11 is 0. The van der Waals surface area contributed by atoms with Gasteiger partial charge in [0.25, 0.3) is 5.91 Å². The number of rotatable bonds is 8. The molecule has 7 heteroatoms. The second-order valence-corrected chi connectivity index (χ2v) is 7.95. The van der Waals surface area contributed by atoms with Gasteiger partial charge in [0, 0.05) is 24.0 Å². The van der Waals surface area contributed by atoms with Crippen LogP contribution in [0.2, 0.25) is 0 Å². The lowest BCUT2D eigenvalue weighted by Gasteiger charge is -2.19. The van der Waals surface area contributed by atoms with Crippen LogP contribution in [0, 0.1) is 13.8 Å². The average Bonchev–Trinajstić information content (AvgIpc) is 3.51. The van der Waals surface area contributed by atoms with E-state index in [1.165, 1.54) is 16.7 Å². The first-order chi connectivity index (χ1) is 16.5. The number of carbonyl (C=O) groups excluding carboxylic acids is 2. The molecule has 4 aromatic rings. The number of aromatic nitrogens is 2. The number of imidazole rings is 1. The van der Waals surface area contributed by atoms with Gasteiger partial charge < -0.3 is 9.32 Å². The smallest absolute Gasteiger partial charge is 0.290 e. The first-order valence-electron chi connectivity index (χ1n) is 10.9. The maximum absolute atomic E-state index is 13.0. The van der Waals surface area contributed by atoms with Gasteiger partial charge in [-0.3, -0.25) is 19.5 Å². The number of benzene rings is 2. The van der Waals surface area contributed by atoms with E-state index < -0.39 is 0 Å². The molecule has 1 N–H and O–H groups in total. The summed E-state index contributed by atoms with van der Waals surface area (Å²) in [6.45, 7) is 7.81. The van der Waals surface area contributed by atoms with Crippen LogP contribution < -0.4 is 5.32 Å². The summed E-state index contributed by atoms with van der Waals surface area (Å²) in [6.07, 6.45) is 4.88. The Hall–Kier alpha value is -4.39. The summed E-state index contributed by atoms with van der Waals surface area (Å²) < 4.78 is 7.04. The fraction of sp³-hybridized carbons (Fsp3) is 0.148. The van der Waals surface area contributed by atoms with Crippen molar-refractivity contribution in [1.82, 2.24) is 14.5 Å². The molecule has 0 bridgehead atoms. The summed E-state index contributed by atoms with van der Waals surface area (Å²) in [5.41, 5.74) is 4.84. The Morgan fingerprint density at radius 3 is 2.56 bits per heavy atom. The number of furan rings is 1. The van der Waals surface area contributed by atoms with Crippen LogP contribution in [-0.4, -0.2) is 39.4 Å². The van der Waals surface area contributed by atoms with Crippen LogP contribution in [0.1, 0.15) is 21.7 Å². The van der Waals surface area contributed by atoms with E-state index in [1.807, 2.05) is 66.2 Å². The van der Waals surface area contributed by atoms with E-state index in [4.69, 9.17) is 4.42 Å². The van der Waals surface area contributed by atoms with Gasteiger partial charge in [-0.05, 0) is 49.2 Å². The molecular weight excluding hydrogens is 428 g/mol. The zero-order chi connectivity index (χ0) is 24.1. The monoisotopic (exact) mass is 454 g/mol. The Bertz CT molecular complexity index is 1310. The molecular formula is C27H26N4O3. The molecule has 2 aromatic carbocycles. The van der Waals surface area contributed by atoms with Gasteiger partial charge in [0.2, 0.25) is 11.9 Å². The number of hydrogen-bond donors (Lipinski definition) is 1. The predicted octanol–water partition coefficient (Wildman–Crippen LogP) is 5.02. The highest BCUT2D eigenvalue weighted by Gasteiger charge is 2.21. The van der Waals surface area contributed by atoms with Crippen molar-refractivity contribution >= 4 is 17.8 Å². The zero-order valence-corrected chi connectivity index (χ0v) is 19.2. The second kappa shape index (κ2) is 10.0. The highest BCUT2D eigenvalue weighted by Crippen LogP contribution is 2.25. The van der Waals surface area contributed by atoms with Gasteiger partial charge in [0.05, 0.1) is 12.0 Å². The Morgan fingerprint density at radius 1 is 1.09 bits per heavy atom. The number of nitrogens with zero attached hydrogens (tertiary/aromatic N) is 3. The molecule has 2 heterocycles. The van der Waals surface area contributed by atoms with E-state index in [1.54, 1.807) is 18.2 Å². The number of nitrogens with one attached hydrogen (secondary N) is 1. The van der Waals surface area contributed by atoms with E-state index in [0.29, 0.717) is 5.95 Å². The molecule has 4 rings (SSSR count). The van der Waals surface area contributed by atoms with Crippen molar-refractivity contribution in [3.8, 4) is 16.9 Å². The summed E-state index contributed by atoms with van der Waals surface area (Å²) in [7, 11) is 0. The number of amides is 2. The van der Waals surface area contributed by atoms with E-state index in [-0.39, 0.29) is 30.7 Å². The molecule has 0 aliphatic carbocycles. The minimum Gasteiger partial charge on any atom is -0.459 e. The van der Waals surface area contributed by atoms with Crippen LogP contribution in [0.4, 0.5) is 5.95 Å². The van der Waals surface area contributed by atoms with Crippen LogP contribution in [0.25, 0.3) is 16.9 Å². The quantitative estimate of drug-likeness (QED) is 0.379. The molecule has 34 heavy (non-hydrogen) atoms. The first kappa shape index (κ1) is 22.8. The largest absolute Gasteiger partial charge is 0.459 e. The first-order valence-corrected chi connectivity index (χ1v) is 10.9. The highest BCUT2D eigenvalue weighted by atomic mass is 16.3. The van der Waals surface area contributed by atoms with E-state index in [9.17, 15) is 9.59 Å². The Morgan fingerprint density at radius 2 is 1.88 bits per heavy atom. The van der Waals surface area contributed by atoms with Crippen molar-refractivity contribution in [3.05, 3.63) is 103 Å². The molecule has 0 unspecified atom stereocenters. The number of carbonyl (C=O) groups is 2. The van der Waals surface area contributed by atoms with Gasteiger partial charge in [0.15, 0.2) is 5.76 Å². The molecule has 172 valence electrons. The minimum atomic E-state index is -0.387. The molecule has 0 saturated carbocycles. The Labute approximate surface area is 198 Å². The van der Waals surface area contributed by atoms with Crippen molar-refractivity contribution < 1.29 is 14.0 Å². The maximum atomic E-state index is 13.0. The number of hydrogen-bond acceptors (Lipinski definition) is 4. The van der Waals surface area contributed by atoms with Gasteiger partial charge in [-0.15, -0.1) is 6.58 Å². The second-order valence-electron chi connectivity index (χ2n) is 7.95. The zero-order valence-electron chi connectivity index (χ0n) is 19.2. The standard InChI is InChI=1S/C27H26N4O3/c1-4-14-30(26(33)24-11-8-15-34-24)18-25(32)29-27-28-23(21-9-6-5-7-10-21)17-31(27)22-13-12-19(2)20(3)16-22/h4-13,15-17H,1,14,18H2,2-3H3,(H,28,29,32). The van der Waals surface area contributed by atoms with E-state index in [0.717, 1.165) is 22.5 Å². The fourth-order valence-electron chi connectivity index (χ4n) is 3.56. The van der Waals surface area contributed by atoms with Gasteiger partial charge in [-0.25, -0.2) is 4.98 Å². The average molecular weight is 455 g/mol. The number of anilines is 1. The van der Waals surface area contributed by atoms with Crippen molar-refractivity contribution in [2.45, 2.75) is 13.8 Å². The summed E-state index contributed by atoms with van der Waals surface area (Å²) in [6, 6.07) is 19.0. The van der Waals surface area contributed by atoms with Gasteiger partial charge in [-0.2, -0.15) is 0 Å². The molecule has 2 amide bonds. The van der Waals surface area contributed by atoms with Gasteiger partial charge in [0.1, 0.15) is 6.54 Å². The predicted molar refractivity (Wildman–Crippen MR) is 132 cm³/mol. The lowest BCUT2D eigenvalue weighted by atomic mass is 10.1. The Kier molecular flexibility index (Phi) is 6.73. The van der Waals surface area contributed by atoms with Crippen LogP contribution >= 0.6 is 0 Å². The summed E-state index contributed by atoms with van der Waals surface area (Å²) in [5, 5.41) is 2.88. The minimum absolute atomic E-state index is 0.164. The van der Waals surface area contributed by atoms with Crippen molar-refractivity contribution in [2.24, 2.45) is 0 Å². The normalized spacial score (nSPS) is 10.6. The van der Waals surface area contributed by atoms with Crippen molar-refractivity contribution in [1.29, 1.82) is 0 Å². The third-order valence-corrected chi connectivity index (χ3v) is 5.50. The molecule has 0 spiro atoms. The fourth-order valence-corrected chi connectivity index (χ4v) is 3.56.